The maximum absolute atomic E-state index is 6.59. The van der Waals surface area contributed by atoms with Crippen LogP contribution in [0.2, 0.25) is 17.7 Å². The van der Waals surface area contributed by atoms with E-state index in [2.05, 4.69) is 27.7 Å². The van der Waals surface area contributed by atoms with Crippen LogP contribution in [0.1, 0.15) is 130 Å². The molecular formula is C24H52Cl4Sn2. The van der Waals surface area contributed by atoms with Crippen molar-refractivity contribution in [1.82, 2.24) is 0 Å². The third-order valence-corrected chi connectivity index (χ3v) is 28.1. The zero-order valence-corrected chi connectivity index (χ0v) is 29.4. The third-order valence-electron chi connectivity index (χ3n) is 5.58. The van der Waals surface area contributed by atoms with Crippen molar-refractivity contribution >= 4 is 67.9 Å². The number of hydrogen-bond acceptors (Lipinski definition) is 0. The second-order valence-electron chi connectivity index (χ2n) is 8.95. The topological polar surface area (TPSA) is 0 Å². The molecule has 0 rings (SSSR count). The number of hydrogen-bond donors (Lipinski definition) is 0. The van der Waals surface area contributed by atoms with Gasteiger partial charge in [-0.3, -0.25) is 0 Å². The van der Waals surface area contributed by atoms with Crippen LogP contribution in [-0.2, 0) is 0 Å². The Morgan fingerprint density at radius 2 is 0.567 bits per heavy atom. The van der Waals surface area contributed by atoms with Gasteiger partial charge in [0.05, 0.1) is 0 Å². The number of rotatable bonds is 20. The van der Waals surface area contributed by atoms with Gasteiger partial charge in [0.15, 0.2) is 0 Å². The molecule has 0 spiro atoms. The van der Waals surface area contributed by atoms with E-state index in [0.29, 0.717) is 0 Å². The summed E-state index contributed by atoms with van der Waals surface area (Å²) >= 11 is -5.12. The van der Waals surface area contributed by atoms with Gasteiger partial charge < -0.3 is 0 Å². The fourth-order valence-corrected chi connectivity index (χ4v) is 21.4. The third kappa shape index (κ3) is 28.8. The predicted octanol–water partition coefficient (Wildman–Crippen LogP) is 12.1. The molecule has 6 heteroatoms. The molecule has 0 aromatic rings. The van der Waals surface area contributed by atoms with Crippen LogP contribution in [0.4, 0.5) is 0 Å². The van der Waals surface area contributed by atoms with E-state index in [1.807, 2.05) is 0 Å². The summed E-state index contributed by atoms with van der Waals surface area (Å²) in [6.45, 7) is 8.91. The molecule has 0 aromatic heterocycles. The molecule has 0 amide bonds. The molecule has 0 heterocycles. The zero-order valence-electron chi connectivity index (χ0n) is 20.7. The molecule has 0 aliphatic carbocycles. The standard InChI is InChI=1S/2C8H17.2C4H9.4ClH.2Sn/c2*1-3-5-7-8-6-4-2;2*1-3-4-2;;;;;;/h2*1,3-8H2,2H3;2*1,3-4H2,2H3;4*1H;;/q;;;;;;;;2*+2/p-4. The molecule has 0 N–H and O–H groups in total. The second-order valence-corrected chi connectivity index (χ2v) is 46.4. The summed E-state index contributed by atoms with van der Waals surface area (Å²) in [5, 5.41) is 0. The second kappa shape index (κ2) is 24.9. The van der Waals surface area contributed by atoms with Crippen molar-refractivity contribution in [2.45, 2.75) is 148 Å². The van der Waals surface area contributed by atoms with Crippen LogP contribution in [0.25, 0.3) is 0 Å². The first kappa shape index (κ1) is 34.9. The fraction of sp³-hybridized carbons (Fsp3) is 1.00. The predicted molar refractivity (Wildman–Crippen MR) is 151 cm³/mol. The molecule has 0 nitrogen and oxygen atoms in total. The van der Waals surface area contributed by atoms with Gasteiger partial charge >= 0.3 is 216 Å². The van der Waals surface area contributed by atoms with E-state index >= 15 is 0 Å². The van der Waals surface area contributed by atoms with E-state index in [-0.39, 0.29) is 0 Å². The Balaban J connectivity index is 0. The molecule has 0 unspecified atom stereocenters. The summed E-state index contributed by atoms with van der Waals surface area (Å²) in [5.41, 5.74) is 0. The molecule has 0 radical (unpaired) electrons. The zero-order chi connectivity index (χ0) is 23.1. The summed E-state index contributed by atoms with van der Waals surface area (Å²) in [6, 6.07) is 0. The van der Waals surface area contributed by atoms with Crippen LogP contribution in [-0.4, -0.2) is 32.2 Å². The summed E-state index contributed by atoms with van der Waals surface area (Å²) in [5.74, 6) is 0. The van der Waals surface area contributed by atoms with E-state index in [1.165, 1.54) is 112 Å². The van der Waals surface area contributed by atoms with Crippen LogP contribution in [0.3, 0.4) is 0 Å². The van der Waals surface area contributed by atoms with Gasteiger partial charge in [0.25, 0.3) is 0 Å². The molecule has 0 saturated carbocycles. The average Bonchev–Trinajstić information content (AvgIpc) is 2.70. The summed E-state index contributed by atoms with van der Waals surface area (Å²) in [6.07, 6.45) is 21.1. The van der Waals surface area contributed by atoms with Gasteiger partial charge in [-0.1, -0.05) is 0 Å². The molecule has 0 atom stereocenters. The van der Waals surface area contributed by atoms with E-state index in [9.17, 15) is 0 Å². The van der Waals surface area contributed by atoms with E-state index < -0.39 is 32.2 Å². The normalized spacial score (nSPS) is 12.0. The van der Waals surface area contributed by atoms with Crippen molar-refractivity contribution in [3.05, 3.63) is 0 Å². The van der Waals surface area contributed by atoms with Gasteiger partial charge in [-0.15, -0.1) is 0 Å². The Hall–Kier alpha value is 2.76. The van der Waals surface area contributed by atoms with Crippen molar-refractivity contribution in [2.75, 3.05) is 0 Å². The molecule has 30 heavy (non-hydrogen) atoms. The van der Waals surface area contributed by atoms with Gasteiger partial charge in [0.1, 0.15) is 0 Å². The van der Waals surface area contributed by atoms with E-state index in [4.69, 9.17) is 35.7 Å². The Morgan fingerprint density at radius 1 is 0.333 bits per heavy atom. The fourth-order valence-electron chi connectivity index (χ4n) is 3.45. The quantitative estimate of drug-likeness (QED) is 0.0868. The summed E-state index contributed by atoms with van der Waals surface area (Å²) < 4.78 is 4.65. The minimum absolute atomic E-state index is 1.15. The maximum atomic E-state index is 6.59. The van der Waals surface area contributed by atoms with Crippen molar-refractivity contribution < 1.29 is 0 Å². The molecule has 184 valence electrons. The first-order valence-corrected chi connectivity index (χ1v) is 35.5. The number of unbranched alkanes of at least 4 members (excludes halogenated alkanes) is 12. The Kier molecular flexibility index (Phi) is 28.9. The molecular weight excluding hydrogens is 667 g/mol. The average molecular weight is 720 g/mol. The number of halogens is 4. The van der Waals surface area contributed by atoms with Crippen LogP contribution >= 0.6 is 35.7 Å². The van der Waals surface area contributed by atoms with Crippen LogP contribution < -0.4 is 0 Å². The van der Waals surface area contributed by atoms with E-state index in [0.717, 1.165) is 8.87 Å². The van der Waals surface area contributed by atoms with Crippen LogP contribution in [0, 0.1) is 0 Å². The molecule has 0 fully saturated rings. The van der Waals surface area contributed by atoms with Gasteiger partial charge in [-0.05, 0) is 0 Å². The Morgan fingerprint density at radius 3 is 0.867 bits per heavy atom. The van der Waals surface area contributed by atoms with E-state index in [1.54, 1.807) is 0 Å². The van der Waals surface area contributed by atoms with Crippen LogP contribution in [0.5, 0.6) is 0 Å². The molecule has 0 bridgehead atoms. The van der Waals surface area contributed by atoms with Gasteiger partial charge in [0.2, 0.25) is 0 Å². The van der Waals surface area contributed by atoms with Gasteiger partial charge in [-0.25, -0.2) is 0 Å². The van der Waals surface area contributed by atoms with Gasteiger partial charge in [-0.2, -0.15) is 0 Å². The van der Waals surface area contributed by atoms with Crippen molar-refractivity contribution in [3.8, 4) is 0 Å². The van der Waals surface area contributed by atoms with Crippen molar-refractivity contribution in [3.63, 3.8) is 0 Å². The Bertz CT molecular complexity index is 311. The molecule has 0 saturated heterocycles. The van der Waals surface area contributed by atoms with Gasteiger partial charge in [0, 0.05) is 0 Å². The molecule has 0 aromatic carbocycles. The summed E-state index contributed by atoms with van der Waals surface area (Å²) in [7, 11) is 25.7. The Labute approximate surface area is 213 Å². The van der Waals surface area contributed by atoms with Crippen molar-refractivity contribution in [2.24, 2.45) is 0 Å². The van der Waals surface area contributed by atoms with Crippen molar-refractivity contribution in [1.29, 1.82) is 0 Å². The monoisotopic (exact) mass is 720 g/mol. The first-order valence-electron chi connectivity index (χ1n) is 13.0. The first-order chi connectivity index (χ1) is 14.2. The SMILES string of the molecule is CCCCCCC[CH2][Sn]([Cl])([Cl])[CH2]CCCCCCC.CCC[CH2][Sn]([Cl])([Cl])[CH2]CCC. The molecule has 0 aliphatic rings. The van der Waals surface area contributed by atoms with Crippen LogP contribution in [0.15, 0.2) is 0 Å². The summed E-state index contributed by atoms with van der Waals surface area (Å²) in [4.78, 5) is 0. The molecule has 0 aliphatic heterocycles. The minimum atomic E-state index is -2.63.